The van der Waals surface area contributed by atoms with Crippen LogP contribution in [0.4, 0.5) is 0 Å². The first-order chi connectivity index (χ1) is 10.7. The molecule has 2 aromatic rings. The highest BCUT2D eigenvalue weighted by molar-refractivity contribution is 7.11. The molecule has 0 aliphatic carbocycles. The van der Waals surface area contributed by atoms with Gasteiger partial charge in [0.05, 0.1) is 22.1 Å². The predicted octanol–water partition coefficient (Wildman–Crippen LogP) is 3.42. The first-order valence-corrected chi connectivity index (χ1v) is 9.48. The molecular weight excluding hydrogens is 314 g/mol. The highest BCUT2D eigenvalue weighted by atomic mass is 32.1. The number of aromatic nitrogens is 2. The maximum Gasteiger partial charge on any atom is 0.228 e. The molecule has 0 aromatic carbocycles. The van der Waals surface area contributed by atoms with Gasteiger partial charge in [0.25, 0.3) is 0 Å². The predicted molar refractivity (Wildman–Crippen MR) is 90.6 cm³/mol. The van der Waals surface area contributed by atoms with Gasteiger partial charge in [-0.2, -0.15) is 0 Å². The van der Waals surface area contributed by atoms with E-state index >= 15 is 0 Å². The van der Waals surface area contributed by atoms with E-state index in [2.05, 4.69) is 23.8 Å². The van der Waals surface area contributed by atoms with Gasteiger partial charge >= 0.3 is 0 Å². The largest absolute Gasteiger partial charge is 0.342 e. The second-order valence-corrected chi connectivity index (χ2v) is 7.94. The van der Waals surface area contributed by atoms with E-state index in [9.17, 15) is 4.79 Å². The van der Waals surface area contributed by atoms with Crippen LogP contribution >= 0.6 is 22.7 Å². The zero-order valence-corrected chi connectivity index (χ0v) is 14.7. The first kappa shape index (κ1) is 15.6. The summed E-state index contributed by atoms with van der Waals surface area (Å²) in [6.45, 7) is 5.87. The zero-order chi connectivity index (χ0) is 15.5. The second kappa shape index (κ2) is 6.87. The van der Waals surface area contributed by atoms with E-state index in [0.29, 0.717) is 12.3 Å². The third kappa shape index (κ3) is 3.55. The highest BCUT2D eigenvalue weighted by Gasteiger charge is 2.25. The van der Waals surface area contributed by atoms with Crippen molar-refractivity contribution >= 4 is 28.6 Å². The fourth-order valence-electron chi connectivity index (χ4n) is 2.80. The highest BCUT2D eigenvalue weighted by Crippen LogP contribution is 2.30. The van der Waals surface area contributed by atoms with Crippen molar-refractivity contribution in [3.63, 3.8) is 0 Å². The molecule has 0 N–H and O–H groups in total. The van der Waals surface area contributed by atoms with Gasteiger partial charge in [-0.3, -0.25) is 4.79 Å². The summed E-state index contributed by atoms with van der Waals surface area (Å²) in [5.41, 5.74) is 0.921. The van der Waals surface area contributed by atoms with E-state index in [1.165, 1.54) is 9.88 Å². The molecular formula is C16H21N3OS2. The molecule has 22 heavy (non-hydrogen) atoms. The molecule has 3 heterocycles. The molecule has 0 saturated carbocycles. The molecule has 2 aromatic heterocycles. The lowest BCUT2D eigenvalue weighted by molar-refractivity contribution is -0.131. The van der Waals surface area contributed by atoms with Crippen molar-refractivity contribution in [2.45, 2.75) is 45.4 Å². The molecule has 0 unspecified atom stereocenters. The Morgan fingerprint density at radius 3 is 2.77 bits per heavy atom. The quantitative estimate of drug-likeness (QED) is 0.860. The Morgan fingerprint density at radius 2 is 2.18 bits per heavy atom. The second-order valence-electron chi connectivity index (χ2n) is 5.73. The van der Waals surface area contributed by atoms with Crippen LogP contribution in [0.3, 0.4) is 0 Å². The van der Waals surface area contributed by atoms with Gasteiger partial charge in [-0.05, 0) is 26.2 Å². The maximum absolute atomic E-state index is 12.4. The van der Waals surface area contributed by atoms with Crippen molar-refractivity contribution in [3.8, 4) is 0 Å². The van der Waals surface area contributed by atoms with Gasteiger partial charge in [0.1, 0.15) is 0 Å². The number of aryl methyl sites for hydroxylation is 2. The third-order valence-corrected chi connectivity index (χ3v) is 6.19. The molecule has 1 fully saturated rings. The van der Waals surface area contributed by atoms with E-state index in [1.807, 2.05) is 16.5 Å². The van der Waals surface area contributed by atoms with Crippen LogP contribution < -0.4 is 0 Å². The van der Waals surface area contributed by atoms with Gasteiger partial charge in [-0.1, -0.05) is 6.92 Å². The molecule has 6 heteroatoms. The van der Waals surface area contributed by atoms with Crippen molar-refractivity contribution in [1.82, 2.24) is 14.9 Å². The van der Waals surface area contributed by atoms with E-state index in [0.717, 1.165) is 43.1 Å². The summed E-state index contributed by atoms with van der Waals surface area (Å²) in [5.74, 6) is 0.732. The molecule has 118 valence electrons. The van der Waals surface area contributed by atoms with Crippen LogP contribution in [0.2, 0.25) is 0 Å². The summed E-state index contributed by atoms with van der Waals surface area (Å²) < 4.78 is 0. The first-order valence-electron chi connectivity index (χ1n) is 7.79. The number of hydrogen-bond acceptors (Lipinski definition) is 5. The van der Waals surface area contributed by atoms with Crippen LogP contribution in [0.15, 0.2) is 11.6 Å². The molecule has 0 radical (unpaired) electrons. The van der Waals surface area contributed by atoms with Crippen molar-refractivity contribution < 1.29 is 4.79 Å². The Hall–Kier alpha value is -1.27. The summed E-state index contributed by atoms with van der Waals surface area (Å²) >= 11 is 3.44. The molecule has 4 nitrogen and oxygen atoms in total. The van der Waals surface area contributed by atoms with Crippen LogP contribution in [0, 0.1) is 6.92 Å². The minimum Gasteiger partial charge on any atom is -0.342 e. The van der Waals surface area contributed by atoms with Gasteiger partial charge in [-0.15, -0.1) is 22.7 Å². The number of rotatable bonds is 4. The van der Waals surface area contributed by atoms with Crippen molar-refractivity contribution in [1.29, 1.82) is 0 Å². The Morgan fingerprint density at radius 1 is 1.41 bits per heavy atom. The zero-order valence-electron chi connectivity index (χ0n) is 13.0. The van der Waals surface area contributed by atoms with E-state index in [-0.39, 0.29) is 5.91 Å². The Balaban J connectivity index is 1.53. The minimum absolute atomic E-state index is 0.210. The fourth-order valence-corrected chi connectivity index (χ4v) is 4.48. The molecule has 1 aliphatic rings. The van der Waals surface area contributed by atoms with E-state index in [4.69, 9.17) is 0 Å². The molecule has 1 amide bonds. The number of likely N-dealkylation sites (tertiary alicyclic amines) is 1. The molecule has 3 rings (SSSR count). The third-order valence-electron chi connectivity index (χ3n) is 4.07. The average Bonchev–Trinajstić information content (AvgIpc) is 3.16. The lowest BCUT2D eigenvalue weighted by atomic mass is 9.97. The topological polar surface area (TPSA) is 46.1 Å². The number of carbonyl (C=O) groups is 1. The van der Waals surface area contributed by atoms with Gasteiger partial charge < -0.3 is 4.90 Å². The number of nitrogens with zero attached hydrogens (tertiary/aromatic N) is 3. The summed E-state index contributed by atoms with van der Waals surface area (Å²) in [4.78, 5) is 24.6. The van der Waals surface area contributed by atoms with Gasteiger partial charge in [0.2, 0.25) is 5.91 Å². The SMILES string of the molecule is CCc1nc(CC(=O)N2CCC(c3ncc(C)s3)CC2)cs1. The number of piperidine rings is 1. The Kier molecular flexibility index (Phi) is 4.88. The summed E-state index contributed by atoms with van der Waals surface area (Å²) in [5, 5.41) is 4.36. The summed E-state index contributed by atoms with van der Waals surface area (Å²) in [6, 6.07) is 0. The smallest absolute Gasteiger partial charge is 0.228 e. The Labute approximate surface area is 139 Å². The van der Waals surface area contributed by atoms with Crippen LogP contribution in [0.25, 0.3) is 0 Å². The number of hydrogen-bond donors (Lipinski definition) is 0. The summed E-state index contributed by atoms with van der Waals surface area (Å²) in [6.07, 6.45) is 5.38. The van der Waals surface area contributed by atoms with Crippen LogP contribution in [-0.2, 0) is 17.6 Å². The molecule has 0 atom stereocenters. The van der Waals surface area contributed by atoms with Crippen molar-refractivity contribution in [3.05, 3.63) is 32.2 Å². The lowest BCUT2D eigenvalue weighted by Crippen LogP contribution is -2.38. The van der Waals surface area contributed by atoms with Crippen molar-refractivity contribution in [2.24, 2.45) is 0 Å². The van der Waals surface area contributed by atoms with Gasteiger partial charge in [0.15, 0.2) is 0 Å². The average molecular weight is 335 g/mol. The van der Waals surface area contributed by atoms with Crippen LogP contribution in [-0.4, -0.2) is 33.9 Å². The number of thiazole rings is 2. The van der Waals surface area contributed by atoms with Gasteiger partial charge in [0, 0.05) is 35.5 Å². The Bertz CT molecular complexity index is 641. The minimum atomic E-state index is 0.210. The normalized spacial score (nSPS) is 16.2. The van der Waals surface area contributed by atoms with Crippen LogP contribution in [0.1, 0.15) is 46.3 Å². The standard InChI is InChI=1S/C16H21N3OS2/c1-3-14-18-13(10-21-14)8-15(20)19-6-4-12(5-7-19)16-17-9-11(2)22-16/h9-10,12H,3-8H2,1-2H3. The monoisotopic (exact) mass is 335 g/mol. The molecule has 0 bridgehead atoms. The fraction of sp³-hybridized carbons (Fsp3) is 0.562. The summed E-state index contributed by atoms with van der Waals surface area (Å²) in [7, 11) is 0. The van der Waals surface area contributed by atoms with E-state index in [1.54, 1.807) is 22.7 Å². The lowest BCUT2D eigenvalue weighted by Gasteiger charge is -2.31. The molecule has 0 spiro atoms. The number of carbonyl (C=O) groups excluding carboxylic acids is 1. The number of amides is 1. The van der Waals surface area contributed by atoms with Gasteiger partial charge in [-0.25, -0.2) is 9.97 Å². The van der Waals surface area contributed by atoms with Crippen molar-refractivity contribution in [2.75, 3.05) is 13.1 Å². The molecule has 1 aliphatic heterocycles. The maximum atomic E-state index is 12.4. The van der Waals surface area contributed by atoms with E-state index < -0.39 is 0 Å². The molecule has 1 saturated heterocycles. The van der Waals surface area contributed by atoms with Crippen LogP contribution in [0.5, 0.6) is 0 Å².